The van der Waals surface area contributed by atoms with E-state index >= 15 is 0 Å². The second kappa shape index (κ2) is 5.10. The van der Waals surface area contributed by atoms with Crippen LogP contribution in [0.25, 0.3) is 0 Å². The van der Waals surface area contributed by atoms with Gasteiger partial charge in [-0.05, 0) is 31.5 Å². The molecular weight excluding hydrogens is 243 g/mol. The van der Waals surface area contributed by atoms with Crippen molar-refractivity contribution < 1.29 is 18.0 Å². The summed E-state index contributed by atoms with van der Waals surface area (Å²) in [5.74, 6) is -0.189. The van der Waals surface area contributed by atoms with Gasteiger partial charge in [0.25, 0.3) is 0 Å². The molecule has 1 unspecified atom stereocenters. The maximum atomic E-state index is 12.4. The summed E-state index contributed by atoms with van der Waals surface area (Å²) >= 11 is 0. The smallest absolute Gasteiger partial charge is 0.316 e. The van der Waals surface area contributed by atoms with E-state index in [1.54, 1.807) is 0 Å². The molecule has 0 amide bonds. The Hall–Kier alpha value is -1.36. The molecule has 1 aromatic carbocycles. The standard InChI is InChI=1S/C13H14F3NO/c14-13(15,16)11-5-3-9(4-6-11)12(18)10-2-1-7-17-8-10/h3-6,10,17H,1-2,7-8H2. The molecule has 98 valence electrons. The molecule has 0 saturated carbocycles. The lowest BCUT2D eigenvalue weighted by molar-refractivity contribution is -0.137. The predicted molar refractivity (Wildman–Crippen MR) is 61.4 cm³/mol. The highest BCUT2D eigenvalue weighted by molar-refractivity contribution is 5.98. The normalized spacial score (nSPS) is 20.7. The summed E-state index contributed by atoms with van der Waals surface area (Å²) in [4.78, 5) is 12.0. The first-order chi connectivity index (χ1) is 8.48. The van der Waals surface area contributed by atoms with Crippen LogP contribution in [0.5, 0.6) is 0 Å². The summed E-state index contributed by atoms with van der Waals surface area (Å²) < 4.78 is 37.1. The van der Waals surface area contributed by atoms with Gasteiger partial charge in [-0.2, -0.15) is 13.2 Å². The summed E-state index contributed by atoms with van der Waals surface area (Å²) in [5, 5.41) is 3.12. The van der Waals surface area contributed by atoms with Gasteiger partial charge < -0.3 is 5.32 Å². The fourth-order valence-electron chi connectivity index (χ4n) is 2.13. The van der Waals surface area contributed by atoms with Crippen molar-refractivity contribution in [2.45, 2.75) is 19.0 Å². The number of carbonyl (C=O) groups is 1. The molecule has 1 aliphatic heterocycles. The van der Waals surface area contributed by atoms with Gasteiger partial charge in [-0.3, -0.25) is 4.79 Å². The molecule has 1 atom stereocenters. The van der Waals surface area contributed by atoms with Crippen LogP contribution in [-0.4, -0.2) is 18.9 Å². The number of carbonyl (C=O) groups excluding carboxylic acids is 1. The number of nitrogens with one attached hydrogen (secondary N) is 1. The number of ketones is 1. The van der Waals surface area contributed by atoms with Gasteiger partial charge in [-0.1, -0.05) is 12.1 Å². The van der Waals surface area contributed by atoms with Crippen molar-refractivity contribution in [2.75, 3.05) is 13.1 Å². The zero-order valence-electron chi connectivity index (χ0n) is 9.76. The molecule has 1 aromatic rings. The Kier molecular flexibility index (Phi) is 3.71. The quantitative estimate of drug-likeness (QED) is 0.825. The largest absolute Gasteiger partial charge is 0.416 e. The first kappa shape index (κ1) is 13.1. The zero-order valence-corrected chi connectivity index (χ0v) is 9.76. The summed E-state index contributed by atoms with van der Waals surface area (Å²) in [7, 11) is 0. The Morgan fingerprint density at radius 3 is 2.39 bits per heavy atom. The fourth-order valence-corrected chi connectivity index (χ4v) is 2.13. The van der Waals surface area contributed by atoms with Crippen molar-refractivity contribution in [3.8, 4) is 0 Å². The van der Waals surface area contributed by atoms with Crippen molar-refractivity contribution in [1.82, 2.24) is 5.32 Å². The van der Waals surface area contributed by atoms with Crippen LogP contribution in [0.4, 0.5) is 13.2 Å². The van der Waals surface area contributed by atoms with Crippen LogP contribution in [0.2, 0.25) is 0 Å². The lowest BCUT2D eigenvalue weighted by Crippen LogP contribution is -2.34. The van der Waals surface area contributed by atoms with E-state index in [9.17, 15) is 18.0 Å². The van der Waals surface area contributed by atoms with E-state index in [0.717, 1.165) is 31.5 Å². The predicted octanol–water partition coefficient (Wildman–Crippen LogP) is 2.89. The van der Waals surface area contributed by atoms with Gasteiger partial charge in [0.15, 0.2) is 5.78 Å². The van der Waals surface area contributed by atoms with Gasteiger partial charge in [0.2, 0.25) is 0 Å². The molecule has 18 heavy (non-hydrogen) atoms. The number of halogens is 3. The summed E-state index contributed by atoms with van der Waals surface area (Å²) in [6.07, 6.45) is -2.63. The number of hydrogen-bond acceptors (Lipinski definition) is 2. The maximum Gasteiger partial charge on any atom is 0.416 e. The zero-order chi connectivity index (χ0) is 13.2. The molecule has 2 rings (SSSR count). The van der Waals surface area contributed by atoms with E-state index in [4.69, 9.17) is 0 Å². The van der Waals surface area contributed by atoms with E-state index in [0.29, 0.717) is 12.1 Å². The minimum Gasteiger partial charge on any atom is -0.316 e. The molecule has 1 fully saturated rings. The topological polar surface area (TPSA) is 29.1 Å². The number of alkyl halides is 3. The molecule has 1 N–H and O–H groups in total. The van der Waals surface area contributed by atoms with Gasteiger partial charge in [-0.15, -0.1) is 0 Å². The molecule has 1 saturated heterocycles. The van der Waals surface area contributed by atoms with Gasteiger partial charge >= 0.3 is 6.18 Å². The highest BCUT2D eigenvalue weighted by Gasteiger charge is 2.30. The van der Waals surface area contributed by atoms with Crippen molar-refractivity contribution in [1.29, 1.82) is 0 Å². The summed E-state index contributed by atoms with van der Waals surface area (Å²) in [6, 6.07) is 4.45. The fraction of sp³-hybridized carbons (Fsp3) is 0.462. The highest BCUT2D eigenvalue weighted by atomic mass is 19.4. The highest BCUT2D eigenvalue weighted by Crippen LogP contribution is 2.29. The molecular formula is C13H14F3NO. The van der Waals surface area contributed by atoms with Crippen LogP contribution in [0, 0.1) is 5.92 Å². The van der Waals surface area contributed by atoms with Crippen molar-refractivity contribution >= 4 is 5.78 Å². The maximum absolute atomic E-state index is 12.4. The van der Waals surface area contributed by atoms with E-state index in [2.05, 4.69) is 5.32 Å². The van der Waals surface area contributed by atoms with Crippen molar-refractivity contribution in [3.05, 3.63) is 35.4 Å². The molecule has 0 bridgehead atoms. The second-order valence-electron chi connectivity index (χ2n) is 4.48. The Labute approximate surface area is 103 Å². The molecule has 1 heterocycles. The Balaban J connectivity index is 2.11. The Morgan fingerprint density at radius 2 is 1.89 bits per heavy atom. The third-order valence-electron chi connectivity index (χ3n) is 3.16. The molecule has 0 spiro atoms. The van der Waals surface area contributed by atoms with Gasteiger partial charge in [0.1, 0.15) is 0 Å². The average molecular weight is 257 g/mol. The van der Waals surface area contributed by atoms with E-state index in [-0.39, 0.29) is 11.7 Å². The van der Waals surface area contributed by atoms with Crippen molar-refractivity contribution in [2.24, 2.45) is 5.92 Å². The molecule has 5 heteroatoms. The van der Waals surface area contributed by atoms with Crippen molar-refractivity contribution in [3.63, 3.8) is 0 Å². The van der Waals surface area contributed by atoms with Crippen LogP contribution in [0.15, 0.2) is 24.3 Å². The lowest BCUT2D eigenvalue weighted by Gasteiger charge is -2.21. The van der Waals surface area contributed by atoms with Crippen LogP contribution in [0.3, 0.4) is 0 Å². The average Bonchev–Trinajstić information content (AvgIpc) is 2.38. The first-order valence-electron chi connectivity index (χ1n) is 5.90. The van der Waals surface area contributed by atoms with Gasteiger partial charge in [0, 0.05) is 18.0 Å². The van der Waals surface area contributed by atoms with E-state index < -0.39 is 11.7 Å². The first-order valence-corrected chi connectivity index (χ1v) is 5.90. The van der Waals surface area contributed by atoms with Crippen LogP contribution in [0.1, 0.15) is 28.8 Å². The van der Waals surface area contributed by atoms with Gasteiger partial charge in [-0.25, -0.2) is 0 Å². The SMILES string of the molecule is O=C(c1ccc(C(F)(F)F)cc1)C1CCCNC1. The van der Waals surface area contributed by atoms with E-state index in [1.165, 1.54) is 12.1 Å². The summed E-state index contributed by atoms with van der Waals surface area (Å²) in [6.45, 7) is 1.51. The minimum atomic E-state index is -4.35. The second-order valence-corrected chi connectivity index (χ2v) is 4.48. The Morgan fingerprint density at radius 1 is 1.22 bits per heavy atom. The molecule has 0 aromatic heterocycles. The number of hydrogen-bond donors (Lipinski definition) is 1. The third kappa shape index (κ3) is 2.90. The number of benzene rings is 1. The molecule has 1 aliphatic rings. The van der Waals surface area contributed by atoms with E-state index in [1.807, 2.05) is 0 Å². The van der Waals surface area contributed by atoms with Crippen LogP contribution in [-0.2, 0) is 6.18 Å². The molecule has 0 radical (unpaired) electrons. The monoisotopic (exact) mass is 257 g/mol. The number of piperidine rings is 1. The summed E-state index contributed by atoms with van der Waals surface area (Å²) in [5.41, 5.74) is -0.363. The minimum absolute atomic E-state index is 0.0732. The lowest BCUT2D eigenvalue weighted by atomic mass is 9.91. The molecule has 2 nitrogen and oxygen atoms in total. The number of rotatable bonds is 2. The Bertz CT molecular complexity index is 419. The van der Waals surface area contributed by atoms with Crippen LogP contribution >= 0.6 is 0 Å². The van der Waals surface area contributed by atoms with Gasteiger partial charge in [0.05, 0.1) is 5.56 Å². The molecule has 0 aliphatic carbocycles. The number of Topliss-reactive ketones (excluding diaryl/α,β-unsaturated/α-hetero) is 1. The van der Waals surface area contributed by atoms with Crippen LogP contribution < -0.4 is 5.32 Å². The third-order valence-corrected chi connectivity index (χ3v) is 3.16.